The maximum atomic E-state index is 10.2. The van der Waals surface area contributed by atoms with Crippen molar-refractivity contribution in [3.63, 3.8) is 0 Å². The highest BCUT2D eigenvalue weighted by Gasteiger charge is 2.19. The lowest BCUT2D eigenvalue weighted by atomic mass is 9.87. The molecule has 0 unspecified atom stereocenters. The molecule has 1 saturated carbocycles. The summed E-state index contributed by atoms with van der Waals surface area (Å²) in [5.41, 5.74) is 1.88. The minimum Gasteiger partial charge on any atom is -0.506 e. The fourth-order valence-electron chi connectivity index (χ4n) is 2.86. The van der Waals surface area contributed by atoms with Crippen molar-refractivity contribution in [2.75, 3.05) is 25.6 Å². The number of guanidine groups is 1. The molecule has 0 saturated heterocycles. The molecule has 1 aliphatic rings. The van der Waals surface area contributed by atoms with E-state index in [0.29, 0.717) is 30.8 Å². The standard InChI is InChI=1S/C19H31N3O2/c1-19(2,3)14-9-10-17(23)16(13-14)22-18(20-11-12-24-4)21-15-7-5-6-8-15/h9-10,13,15,23H,5-8,11-12H2,1-4H3,(H2,20,21,22). The van der Waals surface area contributed by atoms with Crippen molar-refractivity contribution in [2.45, 2.75) is 57.9 Å². The Hall–Kier alpha value is -1.75. The van der Waals surface area contributed by atoms with Crippen molar-refractivity contribution >= 4 is 11.6 Å². The lowest BCUT2D eigenvalue weighted by Crippen LogP contribution is -2.38. The summed E-state index contributed by atoms with van der Waals surface area (Å²) in [7, 11) is 1.67. The van der Waals surface area contributed by atoms with E-state index in [2.05, 4.69) is 36.4 Å². The molecule has 1 aliphatic carbocycles. The van der Waals surface area contributed by atoms with Crippen LogP contribution in [0.5, 0.6) is 5.75 Å². The number of hydrogen-bond donors (Lipinski definition) is 3. The van der Waals surface area contributed by atoms with Crippen molar-refractivity contribution in [3.05, 3.63) is 23.8 Å². The largest absolute Gasteiger partial charge is 0.506 e. The van der Waals surface area contributed by atoms with Crippen LogP contribution in [0, 0.1) is 0 Å². The summed E-state index contributed by atoms with van der Waals surface area (Å²) in [6.45, 7) is 7.64. The first-order chi connectivity index (χ1) is 11.4. The van der Waals surface area contributed by atoms with Gasteiger partial charge in [0.1, 0.15) is 5.75 Å². The van der Waals surface area contributed by atoms with Gasteiger partial charge in [-0.25, -0.2) is 0 Å². The van der Waals surface area contributed by atoms with Gasteiger partial charge in [0, 0.05) is 13.2 Å². The van der Waals surface area contributed by atoms with Gasteiger partial charge in [-0.05, 0) is 36.0 Å². The number of hydrogen-bond acceptors (Lipinski definition) is 3. The summed E-state index contributed by atoms with van der Waals surface area (Å²) in [4.78, 5) is 4.56. The van der Waals surface area contributed by atoms with E-state index in [0.717, 1.165) is 0 Å². The van der Waals surface area contributed by atoms with Crippen LogP contribution >= 0.6 is 0 Å². The van der Waals surface area contributed by atoms with Gasteiger partial charge < -0.3 is 20.5 Å². The Kier molecular flexibility index (Phi) is 6.49. The van der Waals surface area contributed by atoms with E-state index in [1.807, 2.05) is 12.1 Å². The molecule has 0 aliphatic heterocycles. The maximum absolute atomic E-state index is 10.2. The quantitative estimate of drug-likeness (QED) is 0.333. The number of anilines is 1. The molecule has 1 fully saturated rings. The first kappa shape index (κ1) is 18.6. The first-order valence-electron chi connectivity index (χ1n) is 8.80. The van der Waals surface area contributed by atoms with Gasteiger partial charge in [0.15, 0.2) is 5.96 Å². The molecule has 0 bridgehead atoms. The highest BCUT2D eigenvalue weighted by atomic mass is 16.5. The van der Waals surface area contributed by atoms with Gasteiger partial charge in [-0.2, -0.15) is 0 Å². The number of benzene rings is 1. The highest BCUT2D eigenvalue weighted by Crippen LogP contribution is 2.30. The molecule has 0 aromatic heterocycles. The van der Waals surface area contributed by atoms with E-state index in [4.69, 9.17) is 4.74 Å². The number of rotatable bonds is 5. The highest BCUT2D eigenvalue weighted by molar-refractivity contribution is 5.95. The molecule has 24 heavy (non-hydrogen) atoms. The van der Waals surface area contributed by atoms with Gasteiger partial charge in [-0.15, -0.1) is 0 Å². The Morgan fingerprint density at radius 1 is 1.29 bits per heavy atom. The molecular weight excluding hydrogens is 302 g/mol. The van der Waals surface area contributed by atoms with Crippen molar-refractivity contribution in [1.29, 1.82) is 0 Å². The summed E-state index contributed by atoms with van der Waals surface area (Å²) < 4.78 is 5.09. The van der Waals surface area contributed by atoms with Crippen molar-refractivity contribution < 1.29 is 9.84 Å². The van der Waals surface area contributed by atoms with E-state index in [9.17, 15) is 5.11 Å². The Bertz CT molecular complexity index is 558. The third-order valence-electron chi connectivity index (χ3n) is 4.38. The third kappa shape index (κ3) is 5.41. The Morgan fingerprint density at radius 3 is 2.62 bits per heavy atom. The topological polar surface area (TPSA) is 65.9 Å². The van der Waals surface area contributed by atoms with Gasteiger partial charge >= 0.3 is 0 Å². The Balaban J connectivity index is 2.16. The zero-order valence-electron chi connectivity index (χ0n) is 15.4. The SMILES string of the molecule is COCCN=C(Nc1cc(C(C)(C)C)ccc1O)NC1CCCC1. The molecule has 134 valence electrons. The normalized spacial score (nSPS) is 16.4. The van der Waals surface area contributed by atoms with Crippen LogP contribution in [0.25, 0.3) is 0 Å². The van der Waals surface area contributed by atoms with Crippen LogP contribution in [0.4, 0.5) is 5.69 Å². The number of phenolic OH excluding ortho intramolecular Hbond substituents is 1. The number of nitrogens with zero attached hydrogens (tertiary/aromatic N) is 1. The molecule has 0 amide bonds. The van der Waals surface area contributed by atoms with Gasteiger partial charge in [-0.1, -0.05) is 39.7 Å². The average Bonchev–Trinajstić information content (AvgIpc) is 3.01. The summed E-state index contributed by atoms with van der Waals surface area (Å²) in [5, 5.41) is 17.0. The van der Waals surface area contributed by atoms with E-state index in [-0.39, 0.29) is 11.2 Å². The zero-order valence-corrected chi connectivity index (χ0v) is 15.4. The lowest BCUT2D eigenvalue weighted by molar-refractivity contribution is 0.208. The fourth-order valence-corrected chi connectivity index (χ4v) is 2.86. The van der Waals surface area contributed by atoms with Crippen molar-refractivity contribution in [1.82, 2.24) is 5.32 Å². The monoisotopic (exact) mass is 333 g/mol. The van der Waals surface area contributed by atoms with Gasteiger partial charge in [0.2, 0.25) is 0 Å². The second kappa shape index (κ2) is 8.38. The van der Waals surface area contributed by atoms with Crippen LogP contribution in [0.1, 0.15) is 52.0 Å². The number of aromatic hydroxyl groups is 1. The van der Waals surface area contributed by atoms with E-state index >= 15 is 0 Å². The number of ether oxygens (including phenoxy) is 1. The molecule has 0 heterocycles. The Labute approximate surface area is 145 Å². The number of aliphatic imine (C=N–C) groups is 1. The fraction of sp³-hybridized carbons (Fsp3) is 0.632. The van der Waals surface area contributed by atoms with Crippen LogP contribution in [-0.4, -0.2) is 37.4 Å². The Morgan fingerprint density at radius 2 is 2.00 bits per heavy atom. The van der Waals surface area contributed by atoms with Crippen molar-refractivity contribution in [2.24, 2.45) is 4.99 Å². The van der Waals surface area contributed by atoms with Crippen LogP contribution in [0.15, 0.2) is 23.2 Å². The number of nitrogens with one attached hydrogen (secondary N) is 2. The summed E-state index contributed by atoms with van der Waals surface area (Å²) >= 11 is 0. The molecule has 0 spiro atoms. The van der Waals surface area contributed by atoms with Crippen molar-refractivity contribution in [3.8, 4) is 5.75 Å². The lowest BCUT2D eigenvalue weighted by Gasteiger charge is -2.22. The molecule has 0 atom stereocenters. The van der Waals surface area contributed by atoms with E-state index in [1.165, 1.54) is 31.2 Å². The van der Waals surface area contributed by atoms with Crippen LogP contribution in [0.2, 0.25) is 0 Å². The molecule has 1 aromatic carbocycles. The molecule has 2 rings (SSSR count). The number of methoxy groups -OCH3 is 1. The van der Waals surface area contributed by atoms with Crippen LogP contribution < -0.4 is 10.6 Å². The van der Waals surface area contributed by atoms with Gasteiger partial charge in [0.25, 0.3) is 0 Å². The third-order valence-corrected chi connectivity index (χ3v) is 4.38. The zero-order chi connectivity index (χ0) is 17.6. The second-order valence-electron chi connectivity index (χ2n) is 7.46. The minimum atomic E-state index is 0.0242. The number of phenols is 1. The molecule has 0 radical (unpaired) electrons. The predicted octanol–water partition coefficient (Wildman–Crippen LogP) is 3.64. The smallest absolute Gasteiger partial charge is 0.196 e. The second-order valence-corrected chi connectivity index (χ2v) is 7.46. The summed E-state index contributed by atoms with van der Waals surface area (Å²) in [6.07, 6.45) is 4.85. The molecule has 5 nitrogen and oxygen atoms in total. The maximum Gasteiger partial charge on any atom is 0.196 e. The van der Waals surface area contributed by atoms with Crippen LogP contribution in [-0.2, 0) is 10.2 Å². The minimum absolute atomic E-state index is 0.0242. The van der Waals surface area contributed by atoms with E-state index < -0.39 is 0 Å². The van der Waals surface area contributed by atoms with E-state index in [1.54, 1.807) is 13.2 Å². The molecule has 5 heteroatoms. The van der Waals surface area contributed by atoms with Crippen LogP contribution in [0.3, 0.4) is 0 Å². The predicted molar refractivity (Wildman–Crippen MR) is 100.0 cm³/mol. The molecular formula is C19H31N3O2. The summed E-state index contributed by atoms with van der Waals surface area (Å²) in [6, 6.07) is 6.15. The first-order valence-corrected chi connectivity index (χ1v) is 8.80. The molecule has 3 N–H and O–H groups in total. The average molecular weight is 333 g/mol. The van der Waals surface area contributed by atoms with Gasteiger partial charge in [-0.3, -0.25) is 4.99 Å². The summed E-state index contributed by atoms with van der Waals surface area (Å²) in [5.74, 6) is 0.941. The molecule has 1 aromatic rings. The van der Waals surface area contributed by atoms with Gasteiger partial charge in [0.05, 0.1) is 18.8 Å².